The number of phosphoric acid groups is 1. The molecular formula is C43H47N10O15P. The summed E-state index contributed by atoms with van der Waals surface area (Å²) < 4.78 is 57.6. The lowest BCUT2D eigenvalue weighted by Gasteiger charge is -2.27. The molecule has 0 bridgehead atoms. The van der Waals surface area contributed by atoms with Gasteiger partial charge in [0.15, 0.2) is 52.8 Å². The van der Waals surface area contributed by atoms with Crippen LogP contribution >= 0.6 is 7.82 Å². The summed E-state index contributed by atoms with van der Waals surface area (Å²) in [7, 11) is -3.95. The van der Waals surface area contributed by atoms with Crippen LogP contribution in [0.15, 0.2) is 84.4 Å². The van der Waals surface area contributed by atoms with Crippen LogP contribution in [0, 0.1) is 11.8 Å². The first kappa shape index (κ1) is 48.6. The second-order valence-electron chi connectivity index (χ2n) is 16.4. The Balaban J connectivity index is 1.05. The number of rotatable bonds is 17. The van der Waals surface area contributed by atoms with Crippen molar-refractivity contribution < 1.29 is 66.5 Å². The zero-order chi connectivity index (χ0) is 49.1. The summed E-state index contributed by atoms with van der Waals surface area (Å²) in [5, 5.41) is 15.7. The number of amides is 2. The van der Waals surface area contributed by atoms with Gasteiger partial charge in [-0.05, 0) is 24.3 Å². The number of carbonyl (C=O) groups is 4. The fraction of sp³-hybridized carbons (Fsp3) is 0.395. The predicted octanol–water partition coefficient (Wildman–Crippen LogP) is 2.90. The van der Waals surface area contributed by atoms with Gasteiger partial charge in [-0.3, -0.25) is 52.5 Å². The first-order valence-electron chi connectivity index (χ1n) is 21.5. The number of aromatic amines is 1. The van der Waals surface area contributed by atoms with E-state index in [0.717, 1.165) is 6.33 Å². The van der Waals surface area contributed by atoms with E-state index >= 15 is 0 Å². The number of fused-ring (bicyclic) bond motifs is 2. The van der Waals surface area contributed by atoms with Crippen LogP contribution in [0.25, 0.3) is 22.3 Å². The molecule has 6 aromatic rings. The van der Waals surface area contributed by atoms with Crippen LogP contribution in [-0.2, 0) is 46.9 Å². The minimum absolute atomic E-state index is 0.0810. The highest BCUT2D eigenvalue weighted by Gasteiger charge is 2.54. The van der Waals surface area contributed by atoms with E-state index < -0.39 is 111 Å². The van der Waals surface area contributed by atoms with E-state index in [1.165, 1.54) is 28.9 Å². The molecule has 2 fully saturated rings. The maximum absolute atomic E-state index is 13.9. The third kappa shape index (κ3) is 10.3. The van der Waals surface area contributed by atoms with E-state index in [4.69, 9.17) is 32.7 Å². The van der Waals surface area contributed by atoms with Crippen molar-refractivity contribution in [2.24, 2.45) is 11.8 Å². The Morgan fingerprint density at radius 1 is 0.754 bits per heavy atom. The van der Waals surface area contributed by atoms with Crippen molar-refractivity contribution in [1.82, 2.24) is 39.0 Å². The van der Waals surface area contributed by atoms with Crippen molar-refractivity contribution in [1.29, 1.82) is 0 Å². The largest absolute Gasteiger partial charge is 0.472 e. The average molecular weight is 975 g/mol. The van der Waals surface area contributed by atoms with Crippen molar-refractivity contribution in [3.05, 3.63) is 101 Å². The highest BCUT2D eigenvalue weighted by Crippen LogP contribution is 2.50. The lowest BCUT2D eigenvalue weighted by Crippen LogP contribution is -2.42. The first-order chi connectivity index (χ1) is 33.1. The number of aliphatic hydroxyl groups excluding tert-OH is 1. The molecule has 25 nitrogen and oxygen atoms in total. The number of imidazole rings is 2. The van der Waals surface area contributed by atoms with Crippen LogP contribution in [0.5, 0.6) is 0 Å². The molecule has 0 spiro atoms. The Labute approximate surface area is 391 Å². The molecule has 0 radical (unpaired) electrons. The highest BCUT2D eigenvalue weighted by molar-refractivity contribution is 7.47. The Morgan fingerprint density at radius 3 is 1.93 bits per heavy atom. The number of methoxy groups -OCH3 is 1. The maximum atomic E-state index is 13.9. The van der Waals surface area contributed by atoms with E-state index in [-0.39, 0.29) is 39.7 Å². The molecule has 4 aromatic heterocycles. The van der Waals surface area contributed by atoms with Crippen LogP contribution in [0.1, 0.15) is 60.9 Å². The number of benzene rings is 2. The second-order valence-corrected chi connectivity index (χ2v) is 17.8. The molecule has 2 aliphatic heterocycles. The van der Waals surface area contributed by atoms with Crippen molar-refractivity contribution in [2.75, 3.05) is 31.0 Å². The molecule has 364 valence electrons. The molecule has 9 atom stereocenters. The van der Waals surface area contributed by atoms with Gasteiger partial charge in [0.25, 0.3) is 17.4 Å². The number of carbonyl (C=O) groups excluding carboxylic acids is 4. The quantitative estimate of drug-likeness (QED) is 0.0648. The predicted molar refractivity (Wildman–Crippen MR) is 238 cm³/mol. The number of nitrogens with zero attached hydrogens (tertiary/aromatic N) is 7. The van der Waals surface area contributed by atoms with Crippen LogP contribution in [0.2, 0.25) is 0 Å². The molecule has 0 aliphatic carbocycles. The minimum atomic E-state index is -5.23. The summed E-state index contributed by atoms with van der Waals surface area (Å²) in [5.41, 5.74) is -0.130. The van der Waals surface area contributed by atoms with Gasteiger partial charge in [-0.1, -0.05) is 64.1 Å². The molecule has 69 heavy (non-hydrogen) atoms. The van der Waals surface area contributed by atoms with Gasteiger partial charge < -0.3 is 39.0 Å². The highest BCUT2D eigenvalue weighted by atomic mass is 31.2. The number of phosphoric ester groups is 1. The van der Waals surface area contributed by atoms with E-state index in [2.05, 4.69) is 40.5 Å². The van der Waals surface area contributed by atoms with Crippen molar-refractivity contribution in [3.8, 4) is 0 Å². The fourth-order valence-corrected chi connectivity index (χ4v) is 8.48. The standard InChI is InChI=1S/C43H47N10O15P/c1-21(2)41(58)66-29-26(65-40(32(29)67-42(59)22(3)4)53-20-47-28-35(53)49-43(51-38(28)57)50-37(56)24-14-10-7-11-15-24)17-63-69(60,61)68-30-25(16-54)64-39(31(30)62-5)52-19-46-27-33(44-18-45-34(27)52)48-36(55)23-12-8-6-9-13-23/h6-15,18-22,25-26,29-32,39-40,54H,16-17H2,1-5H3,(H,60,61)(H,44,45,48,55)(H2,49,50,51,56,57)/t25-,26-,29-,30-,31-,32-,39-,40-/m1/s1. The van der Waals surface area contributed by atoms with E-state index in [0.29, 0.717) is 5.56 Å². The van der Waals surface area contributed by atoms with Gasteiger partial charge in [-0.2, -0.15) is 4.98 Å². The molecular weight excluding hydrogens is 928 g/mol. The van der Waals surface area contributed by atoms with Gasteiger partial charge in [0, 0.05) is 18.2 Å². The molecule has 2 aromatic carbocycles. The summed E-state index contributed by atoms with van der Waals surface area (Å²) >= 11 is 0. The number of H-pyrrole nitrogens is 1. The first-order valence-corrected chi connectivity index (χ1v) is 22.9. The molecule has 0 saturated carbocycles. The Kier molecular flexibility index (Phi) is 14.4. The van der Waals surface area contributed by atoms with Gasteiger partial charge >= 0.3 is 19.8 Å². The van der Waals surface area contributed by atoms with Crippen LogP contribution < -0.4 is 16.2 Å². The molecule has 1 unspecified atom stereocenters. The average Bonchev–Trinajstić information content (AvgIpc) is 4.12. The van der Waals surface area contributed by atoms with Gasteiger partial charge in [0.2, 0.25) is 5.95 Å². The maximum Gasteiger partial charge on any atom is 0.472 e. The smallest absolute Gasteiger partial charge is 0.455 e. The number of aromatic nitrogens is 8. The Morgan fingerprint density at radius 2 is 1.32 bits per heavy atom. The van der Waals surface area contributed by atoms with Gasteiger partial charge in [0.1, 0.15) is 30.7 Å². The van der Waals surface area contributed by atoms with Crippen LogP contribution in [0.3, 0.4) is 0 Å². The normalized spacial score (nSPS) is 23.3. The summed E-state index contributed by atoms with van der Waals surface area (Å²) in [6.07, 6.45) is -7.46. The van der Waals surface area contributed by atoms with Gasteiger partial charge in [-0.15, -0.1) is 0 Å². The lowest BCUT2D eigenvalue weighted by atomic mass is 10.1. The summed E-state index contributed by atoms with van der Waals surface area (Å²) in [6.45, 7) is 4.68. The van der Waals surface area contributed by atoms with Crippen molar-refractivity contribution in [2.45, 2.75) is 76.8 Å². The molecule has 2 amide bonds. The van der Waals surface area contributed by atoms with Crippen molar-refractivity contribution in [3.63, 3.8) is 0 Å². The third-order valence-corrected chi connectivity index (χ3v) is 12.0. The SMILES string of the molecule is CO[C@@H]1[C@H](OP(=O)(O)OC[C@H]2O[C@@H](n3cnc4c(=O)[nH]c(NC(=O)c5ccccc5)nc43)[C@H](OC(=O)C(C)C)[C@@H]2OC(=O)C(C)C)[C@@H](CO)O[C@H]1n1cnc2c(NC(=O)c3ccccc3)ncnc21. The molecule has 2 aliphatic rings. The zero-order valence-corrected chi connectivity index (χ0v) is 38.4. The third-order valence-electron chi connectivity index (χ3n) is 11.0. The van der Waals surface area contributed by atoms with E-state index in [1.54, 1.807) is 88.4 Å². The fourth-order valence-electron chi connectivity index (χ4n) is 7.52. The molecule has 6 heterocycles. The zero-order valence-electron chi connectivity index (χ0n) is 37.5. The number of hydrogen-bond acceptors (Lipinski definition) is 19. The minimum Gasteiger partial charge on any atom is -0.455 e. The van der Waals surface area contributed by atoms with Crippen molar-refractivity contribution >= 4 is 65.7 Å². The lowest BCUT2D eigenvalue weighted by molar-refractivity contribution is -0.172. The monoisotopic (exact) mass is 974 g/mol. The summed E-state index contributed by atoms with van der Waals surface area (Å²) in [4.78, 5) is 101. The van der Waals surface area contributed by atoms with Gasteiger partial charge in [0.05, 0.1) is 37.7 Å². The summed E-state index contributed by atoms with van der Waals surface area (Å²) in [6, 6.07) is 16.6. The topological polar surface area (TPSA) is 322 Å². The Hall–Kier alpha value is -6.83. The number of anilines is 2. The number of hydrogen-bond donors (Lipinski definition) is 5. The van der Waals surface area contributed by atoms with Crippen LogP contribution in [-0.4, -0.2) is 130 Å². The number of nitrogens with one attached hydrogen (secondary N) is 3. The molecule has 26 heteroatoms. The number of esters is 2. The molecule has 5 N–H and O–H groups in total. The number of ether oxygens (including phenoxy) is 5. The molecule has 8 rings (SSSR count). The Bertz CT molecular complexity index is 2950. The van der Waals surface area contributed by atoms with E-state index in [1.807, 2.05) is 0 Å². The molecule has 2 saturated heterocycles. The summed E-state index contributed by atoms with van der Waals surface area (Å²) in [5.74, 6) is -4.14. The van der Waals surface area contributed by atoms with Gasteiger partial charge in [-0.25, -0.2) is 24.5 Å². The van der Waals surface area contributed by atoms with E-state index in [9.17, 15) is 38.5 Å². The number of aliphatic hydroxyl groups is 1. The van der Waals surface area contributed by atoms with Crippen LogP contribution in [0.4, 0.5) is 11.8 Å². The second kappa shape index (κ2) is 20.4.